The van der Waals surface area contributed by atoms with Crippen molar-refractivity contribution >= 4 is 16.0 Å². The molecule has 0 aliphatic carbocycles. The molecule has 0 radical (unpaired) electrons. The number of benzene rings is 2. The topological polar surface area (TPSA) is 134 Å². The van der Waals surface area contributed by atoms with Gasteiger partial charge in [0.05, 0.1) is 18.5 Å². The minimum absolute atomic E-state index is 0.0593. The first-order chi connectivity index (χ1) is 24.3. The van der Waals surface area contributed by atoms with E-state index in [-0.39, 0.29) is 35.1 Å². The summed E-state index contributed by atoms with van der Waals surface area (Å²) >= 11 is 0. The minimum Gasteiger partial charge on any atom is -0.493 e. The van der Waals surface area contributed by atoms with E-state index in [4.69, 9.17) is 19.7 Å². The van der Waals surface area contributed by atoms with Crippen molar-refractivity contribution in [3.63, 3.8) is 0 Å². The van der Waals surface area contributed by atoms with Crippen LogP contribution < -0.4 is 14.8 Å². The number of ether oxygens (including phenoxy) is 2. The third-order valence-electron chi connectivity index (χ3n) is 7.26. The van der Waals surface area contributed by atoms with Crippen LogP contribution in [0.1, 0.15) is 94.2 Å². The van der Waals surface area contributed by atoms with Gasteiger partial charge in [0.1, 0.15) is 18.1 Å². The molecule has 1 aliphatic rings. The fraction of sp³-hybridized carbons (Fsp3) is 0.625. The number of carbonyl (C=O) groups excluding carboxylic acids is 1. The van der Waals surface area contributed by atoms with Gasteiger partial charge in [-0.15, -0.1) is 0 Å². The van der Waals surface area contributed by atoms with Crippen molar-refractivity contribution in [2.75, 3.05) is 39.2 Å². The van der Waals surface area contributed by atoms with Crippen molar-refractivity contribution in [3.05, 3.63) is 72.3 Å². The van der Waals surface area contributed by atoms with Crippen molar-refractivity contribution in [3.8, 4) is 11.5 Å². The molecule has 2 atom stereocenters. The van der Waals surface area contributed by atoms with Crippen molar-refractivity contribution < 1.29 is 50.3 Å². The summed E-state index contributed by atoms with van der Waals surface area (Å²) < 4.78 is 73.2. The van der Waals surface area contributed by atoms with Gasteiger partial charge in [-0.3, -0.25) is 13.9 Å². The molecule has 1 saturated heterocycles. The second kappa shape index (κ2) is 21.2. The van der Waals surface area contributed by atoms with Crippen LogP contribution in [0.3, 0.4) is 0 Å². The largest absolute Gasteiger partial charge is 0.493 e. The fourth-order valence-electron chi connectivity index (χ4n) is 4.26. The number of alkyl halides is 3. The zero-order chi connectivity index (χ0) is 42.3. The quantitative estimate of drug-likeness (QED) is 0.122. The molecule has 2 aromatic carbocycles. The molecule has 1 aliphatic heterocycles. The molecular formula is C40H65F3N2O8S. The third-order valence-corrected chi connectivity index (χ3v) is 8.07. The van der Waals surface area contributed by atoms with Gasteiger partial charge >= 0.3 is 6.18 Å². The first-order valence-corrected chi connectivity index (χ1v) is 19.5. The normalized spacial score (nSPS) is 14.7. The van der Waals surface area contributed by atoms with Crippen LogP contribution >= 0.6 is 0 Å². The molecule has 3 rings (SSSR count). The number of hydrogen-bond donors (Lipinski definition) is 3. The summed E-state index contributed by atoms with van der Waals surface area (Å²) in [5.74, 6) is 0.915. The van der Waals surface area contributed by atoms with Crippen molar-refractivity contribution in [2.45, 2.75) is 117 Å². The Bertz CT molecular complexity index is 1510. The van der Waals surface area contributed by atoms with Gasteiger partial charge in [-0.2, -0.15) is 21.6 Å². The summed E-state index contributed by atoms with van der Waals surface area (Å²) in [6.45, 7) is 29.2. The molecule has 54 heavy (non-hydrogen) atoms. The summed E-state index contributed by atoms with van der Waals surface area (Å²) in [6.07, 6.45) is -4.91. The van der Waals surface area contributed by atoms with E-state index in [0.29, 0.717) is 12.1 Å². The van der Waals surface area contributed by atoms with Crippen LogP contribution in [0.2, 0.25) is 0 Å². The van der Waals surface area contributed by atoms with Gasteiger partial charge in [-0.1, -0.05) is 51.6 Å². The first kappa shape index (κ1) is 50.8. The average molecular weight is 791 g/mol. The molecule has 2 unspecified atom stereocenters. The van der Waals surface area contributed by atoms with Gasteiger partial charge < -0.3 is 25.0 Å². The number of rotatable bonds is 11. The number of carbonyl (C=O) groups is 1. The van der Waals surface area contributed by atoms with Gasteiger partial charge in [0.25, 0.3) is 10.1 Å². The molecule has 0 aromatic heterocycles. The molecule has 10 nitrogen and oxygen atoms in total. The summed E-state index contributed by atoms with van der Waals surface area (Å²) in [5, 5.41) is 20.8. The van der Waals surface area contributed by atoms with Gasteiger partial charge in [0.2, 0.25) is 5.91 Å². The van der Waals surface area contributed by atoms with Crippen LogP contribution in [0, 0.1) is 5.92 Å². The monoisotopic (exact) mass is 790 g/mol. The zero-order valence-electron chi connectivity index (χ0n) is 34.4. The van der Waals surface area contributed by atoms with E-state index in [1.807, 2.05) is 65.8 Å². The van der Waals surface area contributed by atoms with Crippen LogP contribution in [-0.2, 0) is 24.5 Å². The average Bonchev–Trinajstić information content (AvgIpc) is 3.87. The molecular weight excluding hydrogens is 726 g/mol. The van der Waals surface area contributed by atoms with E-state index in [1.54, 1.807) is 45.0 Å². The fourth-order valence-corrected chi connectivity index (χ4v) is 5.17. The van der Waals surface area contributed by atoms with Crippen LogP contribution in [0.4, 0.5) is 13.2 Å². The Balaban J connectivity index is 0.000000903. The van der Waals surface area contributed by atoms with E-state index >= 15 is 0 Å². The van der Waals surface area contributed by atoms with E-state index < -0.39 is 34.6 Å². The van der Waals surface area contributed by atoms with Gasteiger partial charge in [0.15, 0.2) is 6.10 Å². The van der Waals surface area contributed by atoms with Gasteiger partial charge in [-0.25, -0.2) is 0 Å². The Kier molecular flexibility index (Phi) is 20.0. The molecule has 0 spiro atoms. The number of hydrogen-bond acceptors (Lipinski definition) is 9. The number of nitrogens with zero attached hydrogens (tertiary/aromatic N) is 1. The Labute approximate surface area is 322 Å². The molecule has 14 heteroatoms. The lowest BCUT2D eigenvalue weighted by Crippen LogP contribution is -2.39. The smallest absolute Gasteiger partial charge is 0.417 e. The van der Waals surface area contributed by atoms with Crippen LogP contribution in [0.15, 0.2) is 61.2 Å². The highest BCUT2D eigenvalue weighted by Gasteiger charge is 2.38. The zero-order valence-corrected chi connectivity index (χ0v) is 35.2. The van der Waals surface area contributed by atoms with Crippen LogP contribution in [0.25, 0.3) is 0 Å². The Morgan fingerprint density at radius 1 is 0.852 bits per heavy atom. The lowest BCUT2D eigenvalue weighted by atomic mass is 9.78. The Morgan fingerprint density at radius 3 is 1.48 bits per heavy atom. The Hall–Kier alpha value is -3.17. The predicted octanol–water partition coefficient (Wildman–Crippen LogP) is 7.27. The van der Waals surface area contributed by atoms with E-state index in [1.165, 1.54) is 19.2 Å². The number of aliphatic hydroxyl groups is 2. The number of aliphatic hydroxyl groups excluding tert-OH is 2. The maximum atomic E-state index is 12.3. The van der Waals surface area contributed by atoms with Crippen LogP contribution in [0.5, 0.6) is 11.5 Å². The molecule has 1 amide bonds. The second-order valence-electron chi connectivity index (χ2n) is 16.6. The van der Waals surface area contributed by atoms with Crippen molar-refractivity contribution in [1.29, 1.82) is 0 Å². The maximum absolute atomic E-state index is 12.3. The predicted molar refractivity (Wildman–Crippen MR) is 209 cm³/mol. The highest BCUT2D eigenvalue weighted by Crippen LogP contribution is 2.33. The van der Waals surface area contributed by atoms with E-state index in [2.05, 4.69) is 41.7 Å². The molecule has 0 bridgehead atoms. The first-order valence-electron chi connectivity index (χ1n) is 17.7. The van der Waals surface area contributed by atoms with E-state index in [9.17, 15) is 26.4 Å². The third kappa shape index (κ3) is 23.6. The molecule has 3 N–H and O–H groups in total. The van der Waals surface area contributed by atoms with Crippen molar-refractivity contribution in [2.24, 2.45) is 5.92 Å². The number of nitrogens with one attached hydrogen (secondary N) is 1. The summed E-state index contributed by atoms with van der Waals surface area (Å²) in [6, 6.07) is 14.4. The van der Waals surface area contributed by atoms with Crippen LogP contribution in [-0.4, -0.2) is 97.6 Å². The molecule has 1 fully saturated rings. The molecule has 1 heterocycles. The van der Waals surface area contributed by atoms with Gasteiger partial charge in [0, 0.05) is 42.1 Å². The minimum atomic E-state index is -4.70. The molecule has 2 aromatic rings. The molecule has 0 saturated carbocycles. The highest BCUT2D eigenvalue weighted by atomic mass is 32.2. The molecule has 310 valence electrons. The summed E-state index contributed by atoms with van der Waals surface area (Å²) in [4.78, 5) is 13.0. The second-order valence-corrected chi connectivity index (χ2v) is 18.2. The SMILES string of the molecule is C=CC(=O)NC(C)(C)C.CC(C)(C)N1CC1.CC(C)(C)OS(C)(=O)=O.CC(CO)COc1ccc(C(C)(C)c2ccc(OCC(O)C(F)(F)F)cc2)cc1. The lowest BCUT2D eigenvalue weighted by molar-refractivity contribution is -0.210. The number of halogens is 3. The van der Waals surface area contributed by atoms with Crippen molar-refractivity contribution in [1.82, 2.24) is 10.2 Å². The maximum Gasteiger partial charge on any atom is 0.417 e. The van der Waals surface area contributed by atoms with Gasteiger partial charge in [-0.05, 0) is 104 Å². The number of amides is 1. The lowest BCUT2D eigenvalue weighted by Gasteiger charge is -2.26. The van der Waals surface area contributed by atoms with E-state index in [0.717, 1.165) is 23.1 Å². The summed E-state index contributed by atoms with van der Waals surface area (Å²) in [7, 11) is -3.28. The standard InChI is InChI=1S/C22H27F3O4.C7H13NO.C6H13N.C5H12O3S/c1-15(12-26)13-28-18-8-4-16(5-9-18)21(2,3)17-6-10-19(11-7-17)29-14-20(27)22(23,24)25;1-5-6(9)8-7(2,3)4;1-6(2,3)7-4-5-7;1-5(2,3)8-9(4,6)7/h4-11,15,20,26-27H,12-14H2,1-3H3;5H,1H2,2-4H3,(H,8,9);4-5H2,1-3H3;1-4H3. The highest BCUT2D eigenvalue weighted by molar-refractivity contribution is 7.86. The summed E-state index contributed by atoms with van der Waals surface area (Å²) in [5.41, 5.74) is 1.35. The Morgan fingerprint density at radius 2 is 1.26 bits per heavy atom.